The average molecular weight is 258 g/mol. The van der Waals surface area contributed by atoms with Crippen LogP contribution in [0.25, 0.3) is 0 Å². The minimum absolute atomic E-state index is 0.0205. The fourth-order valence-corrected chi connectivity index (χ4v) is 1.86. The molecule has 2 aromatic rings. The third-order valence-corrected chi connectivity index (χ3v) is 2.92. The van der Waals surface area contributed by atoms with Crippen molar-refractivity contribution in [1.82, 2.24) is 15.1 Å². The van der Waals surface area contributed by atoms with Crippen LogP contribution in [0.3, 0.4) is 0 Å². The van der Waals surface area contributed by atoms with Crippen molar-refractivity contribution in [2.24, 2.45) is 7.05 Å². The number of nitrogens with zero attached hydrogens (tertiary/aromatic N) is 2. The molecule has 0 aliphatic carbocycles. The lowest BCUT2D eigenvalue weighted by molar-refractivity contribution is -0.121. The van der Waals surface area contributed by atoms with Crippen LogP contribution in [0.4, 0.5) is 5.69 Å². The summed E-state index contributed by atoms with van der Waals surface area (Å²) in [7, 11) is 1.85. The molecule has 1 aromatic heterocycles. The Labute approximate surface area is 112 Å². The zero-order valence-corrected chi connectivity index (χ0v) is 11.0. The van der Waals surface area contributed by atoms with Crippen molar-refractivity contribution in [3.63, 3.8) is 0 Å². The summed E-state index contributed by atoms with van der Waals surface area (Å²) in [6.07, 6.45) is 4.73. The summed E-state index contributed by atoms with van der Waals surface area (Å²) in [5, 5.41) is 6.92. The first-order chi connectivity index (χ1) is 9.15. The number of rotatable bonds is 5. The van der Waals surface area contributed by atoms with Gasteiger partial charge in [0.05, 0.1) is 6.20 Å². The monoisotopic (exact) mass is 258 g/mol. The highest BCUT2D eigenvalue weighted by molar-refractivity contribution is 5.76. The molecule has 5 heteroatoms. The number of aryl methyl sites for hydroxylation is 2. The van der Waals surface area contributed by atoms with E-state index in [1.54, 1.807) is 10.9 Å². The fourth-order valence-electron chi connectivity index (χ4n) is 1.86. The molecule has 1 heterocycles. The number of hydrogen-bond donors (Lipinski definition) is 2. The molecule has 5 nitrogen and oxygen atoms in total. The van der Waals surface area contributed by atoms with E-state index in [4.69, 9.17) is 5.73 Å². The maximum absolute atomic E-state index is 11.7. The predicted molar refractivity (Wildman–Crippen MR) is 74.2 cm³/mol. The van der Waals surface area contributed by atoms with Gasteiger partial charge in [-0.05, 0) is 18.1 Å². The Balaban J connectivity index is 1.77. The molecular weight excluding hydrogens is 240 g/mol. The van der Waals surface area contributed by atoms with E-state index >= 15 is 0 Å². The molecular formula is C14H18N4O. The second-order valence-electron chi connectivity index (χ2n) is 4.50. The molecule has 0 aliphatic rings. The lowest BCUT2D eigenvalue weighted by Gasteiger charge is -2.06. The third kappa shape index (κ3) is 3.84. The van der Waals surface area contributed by atoms with Gasteiger partial charge in [-0.15, -0.1) is 0 Å². The van der Waals surface area contributed by atoms with Crippen molar-refractivity contribution in [3.8, 4) is 0 Å². The molecule has 100 valence electrons. The minimum atomic E-state index is 0.0205. The zero-order chi connectivity index (χ0) is 13.7. The van der Waals surface area contributed by atoms with Crippen molar-refractivity contribution < 1.29 is 4.79 Å². The van der Waals surface area contributed by atoms with E-state index in [0.29, 0.717) is 19.4 Å². The van der Waals surface area contributed by atoms with Crippen LogP contribution in [0.15, 0.2) is 36.7 Å². The van der Waals surface area contributed by atoms with Crippen LogP contribution in [0.1, 0.15) is 17.5 Å². The Morgan fingerprint density at radius 3 is 2.89 bits per heavy atom. The van der Waals surface area contributed by atoms with E-state index in [0.717, 1.165) is 16.8 Å². The highest BCUT2D eigenvalue weighted by Crippen LogP contribution is 2.12. The first kappa shape index (κ1) is 13.1. The summed E-state index contributed by atoms with van der Waals surface area (Å²) in [6, 6.07) is 7.62. The number of anilines is 1. The fraction of sp³-hybridized carbons (Fsp3) is 0.286. The number of benzene rings is 1. The molecule has 1 aromatic carbocycles. The standard InChI is InChI=1S/C14H18N4O/c1-18-10-11(9-17-18)8-16-14(19)7-6-12-4-2-3-5-13(12)15/h2-5,9-10H,6-8,15H2,1H3,(H,16,19). The Morgan fingerprint density at radius 1 is 1.42 bits per heavy atom. The van der Waals surface area contributed by atoms with Crippen molar-refractivity contribution in [3.05, 3.63) is 47.8 Å². The van der Waals surface area contributed by atoms with Crippen molar-refractivity contribution in [1.29, 1.82) is 0 Å². The largest absolute Gasteiger partial charge is 0.399 e. The summed E-state index contributed by atoms with van der Waals surface area (Å²) in [4.78, 5) is 11.7. The maximum atomic E-state index is 11.7. The number of carbonyl (C=O) groups is 1. The van der Waals surface area contributed by atoms with E-state index in [1.165, 1.54) is 0 Å². The van der Waals surface area contributed by atoms with Crippen LogP contribution in [0, 0.1) is 0 Å². The quantitative estimate of drug-likeness (QED) is 0.793. The molecule has 0 spiro atoms. The van der Waals surface area contributed by atoms with E-state index in [2.05, 4.69) is 10.4 Å². The Kier molecular flexibility index (Phi) is 4.18. The highest BCUT2D eigenvalue weighted by atomic mass is 16.1. The van der Waals surface area contributed by atoms with Crippen molar-refractivity contribution in [2.75, 3.05) is 5.73 Å². The van der Waals surface area contributed by atoms with Gasteiger partial charge in [0.1, 0.15) is 0 Å². The number of nitrogens with one attached hydrogen (secondary N) is 1. The van der Waals surface area contributed by atoms with Gasteiger partial charge in [0.15, 0.2) is 0 Å². The van der Waals surface area contributed by atoms with Gasteiger partial charge in [0, 0.05) is 37.5 Å². The topological polar surface area (TPSA) is 72.9 Å². The Hall–Kier alpha value is -2.30. The predicted octanol–water partition coefficient (Wildman–Crippen LogP) is 1.25. The van der Waals surface area contributed by atoms with E-state index in [-0.39, 0.29) is 5.91 Å². The Morgan fingerprint density at radius 2 is 2.21 bits per heavy atom. The van der Waals surface area contributed by atoms with Gasteiger partial charge in [-0.1, -0.05) is 18.2 Å². The zero-order valence-electron chi connectivity index (χ0n) is 11.0. The van der Waals surface area contributed by atoms with E-state index < -0.39 is 0 Å². The van der Waals surface area contributed by atoms with Gasteiger partial charge in [-0.2, -0.15) is 5.10 Å². The van der Waals surface area contributed by atoms with Crippen LogP contribution in [-0.2, 0) is 24.8 Å². The van der Waals surface area contributed by atoms with E-state index in [9.17, 15) is 4.79 Å². The molecule has 0 fully saturated rings. The molecule has 0 unspecified atom stereocenters. The second kappa shape index (κ2) is 6.04. The second-order valence-corrected chi connectivity index (χ2v) is 4.50. The van der Waals surface area contributed by atoms with Crippen LogP contribution in [0.5, 0.6) is 0 Å². The number of nitrogen functional groups attached to an aromatic ring is 1. The van der Waals surface area contributed by atoms with Gasteiger partial charge in [-0.3, -0.25) is 9.48 Å². The van der Waals surface area contributed by atoms with E-state index in [1.807, 2.05) is 37.5 Å². The van der Waals surface area contributed by atoms with Crippen molar-refractivity contribution in [2.45, 2.75) is 19.4 Å². The lowest BCUT2D eigenvalue weighted by Crippen LogP contribution is -2.22. The minimum Gasteiger partial charge on any atom is -0.399 e. The smallest absolute Gasteiger partial charge is 0.220 e. The lowest BCUT2D eigenvalue weighted by atomic mass is 10.1. The van der Waals surface area contributed by atoms with Gasteiger partial charge in [0.2, 0.25) is 5.91 Å². The number of carbonyl (C=O) groups excluding carboxylic acids is 1. The van der Waals surface area contributed by atoms with Gasteiger partial charge < -0.3 is 11.1 Å². The summed E-state index contributed by atoms with van der Waals surface area (Å²) >= 11 is 0. The molecule has 1 amide bonds. The van der Waals surface area contributed by atoms with Gasteiger partial charge >= 0.3 is 0 Å². The first-order valence-corrected chi connectivity index (χ1v) is 6.23. The molecule has 0 radical (unpaired) electrons. The molecule has 2 rings (SSSR count). The number of aromatic nitrogens is 2. The number of nitrogens with two attached hydrogens (primary N) is 1. The summed E-state index contributed by atoms with van der Waals surface area (Å²) in [5.41, 5.74) is 8.58. The molecule has 0 bridgehead atoms. The average Bonchev–Trinajstić information content (AvgIpc) is 2.81. The summed E-state index contributed by atoms with van der Waals surface area (Å²) in [6.45, 7) is 0.511. The first-order valence-electron chi connectivity index (χ1n) is 6.23. The SMILES string of the molecule is Cn1cc(CNC(=O)CCc2ccccc2N)cn1. The molecule has 3 N–H and O–H groups in total. The molecule has 0 saturated heterocycles. The number of amides is 1. The summed E-state index contributed by atoms with van der Waals surface area (Å²) in [5.74, 6) is 0.0205. The number of para-hydroxylation sites is 1. The molecule has 0 atom stereocenters. The van der Waals surface area contributed by atoms with Gasteiger partial charge in [-0.25, -0.2) is 0 Å². The van der Waals surface area contributed by atoms with Gasteiger partial charge in [0.25, 0.3) is 0 Å². The number of hydrogen-bond acceptors (Lipinski definition) is 3. The van der Waals surface area contributed by atoms with Crippen molar-refractivity contribution >= 4 is 11.6 Å². The van der Waals surface area contributed by atoms with Crippen LogP contribution in [-0.4, -0.2) is 15.7 Å². The Bertz CT molecular complexity index is 562. The molecule has 0 aliphatic heterocycles. The molecule has 0 saturated carbocycles. The maximum Gasteiger partial charge on any atom is 0.220 e. The highest BCUT2D eigenvalue weighted by Gasteiger charge is 2.05. The third-order valence-electron chi connectivity index (χ3n) is 2.92. The van der Waals surface area contributed by atoms with Crippen LogP contribution < -0.4 is 11.1 Å². The van der Waals surface area contributed by atoms with Crippen LogP contribution >= 0.6 is 0 Å². The summed E-state index contributed by atoms with van der Waals surface area (Å²) < 4.78 is 1.71. The molecule has 19 heavy (non-hydrogen) atoms. The normalized spacial score (nSPS) is 10.4. The van der Waals surface area contributed by atoms with Crippen LogP contribution in [0.2, 0.25) is 0 Å².